The fourth-order valence-corrected chi connectivity index (χ4v) is 3.38. The highest BCUT2D eigenvalue weighted by molar-refractivity contribution is 5.96. The molecule has 1 aromatic rings. The number of likely N-dealkylation sites (tertiary alicyclic amines) is 1. The van der Waals surface area contributed by atoms with Gasteiger partial charge in [-0.15, -0.1) is 12.4 Å². The van der Waals surface area contributed by atoms with Crippen LogP contribution in [0.5, 0.6) is 0 Å². The van der Waals surface area contributed by atoms with Crippen LogP contribution in [-0.2, 0) is 0 Å². The molecule has 1 unspecified atom stereocenters. The number of benzene rings is 1. The minimum atomic E-state index is -0.456. The smallest absolute Gasteiger partial charge is 0.270 e. The minimum absolute atomic E-state index is 0. The third-order valence-corrected chi connectivity index (χ3v) is 4.72. The van der Waals surface area contributed by atoms with Crippen LogP contribution in [0.1, 0.15) is 28.8 Å². The number of amides is 1. The lowest BCUT2D eigenvalue weighted by molar-refractivity contribution is -0.384. The van der Waals surface area contributed by atoms with Crippen molar-refractivity contribution in [2.75, 3.05) is 26.2 Å². The van der Waals surface area contributed by atoms with Crippen molar-refractivity contribution in [3.05, 3.63) is 39.4 Å². The zero-order chi connectivity index (χ0) is 15.0. The van der Waals surface area contributed by atoms with E-state index in [0.29, 0.717) is 5.56 Å². The second-order valence-electron chi connectivity index (χ2n) is 6.16. The molecule has 0 aliphatic carbocycles. The van der Waals surface area contributed by atoms with Gasteiger partial charge in [-0.25, -0.2) is 0 Å². The van der Waals surface area contributed by atoms with Gasteiger partial charge in [-0.05, 0) is 31.9 Å². The Morgan fingerprint density at radius 1 is 1.41 bits per heavy atom. The quantitative estimate of drug-likeness (QED) is 0.667. The summed E-state index contributed by atoms with van der Waals surface area (Å²) in [5.41, 5.74) is 1.42. The second-order valence-corrected chi connectivity index (χ2v) is 6.16. The lowest BCUT2D eigenvalue weighted by atomic mass is 9.86. The van der Waals surface area contributed by atoms with Gasteiger partial charge in [0.1, 0.15) is 0 Å². The fraction of sp³-hybridized carbons (Fsp3) is 0.533. The molecule has 1 N–H and O–H groups in total. The lowest BCUT2D eigenvalue weighted by Crippen LogP contribution is -2.33. The van der Waals surface area contributed by atoms with Gasteiger partial charge in [-0.3, -0.25) is 14.9 Å². The van der Waals surface area contributed by atoms with E-state index in [2.05, 4.69) is 5.32 Å². The first kappa shape index (κ1) is 16.7. The van der Waals surface area contributed by atoms with Crippen molar-refractivity contribution in [1.82, 2.24) is 10.2 Å². The molecule has 2 fully saturated rings. The lowest BCUT2D eigenvalue weighted by Gasteiger charge is -2.23. The third-order valence-electron chi connectivity index (χ3n) is 4.72. The summed E-state index contributed by atoms with van der Waals surface area (Å²) in [6.07, 6.45) is 2.12. The first-order valence-corrected chi connectivity index (χ1v) is 7.26. The van der Waals surface area contributed by atoms with Crippen molar-refractivity contribution in [3.63, 3.8) is 0 Å². The summed E-state index contributed by atoms with van der Waals surface area (Å²) in [6.45, 7) is 5.28. The Kier molecular flexibility index (Phi) is 4.72. The van der Waals surface area contributed by atoms with Gasteiger partial charge in [0.2, 0.25) is 0 Å². The van der Waals surface area contributed by atoms with E-state index in [1.54, 1.807) is 6.07 Å². The number of hydrogen-bond acceptors (Lipinski definition) is 4. The largest absolute Gasteiger partial charge is 0.338 e. The normalized spacial score (nSPS) is 23.6. The molecule has 2 heterocycles. The maximum absolute atomic E-state index is 12.7. The van der Waals surface area contributed by atoms with Crippen LogP contribution in [0.4, 0.5) is 5.69 Å². The van der Waals surface area contributed by atoms with E-state index in [4.69, 9.17) is 0 Å². The molecule has 7 heteroatoms. The van der Waals surface area contributed by atoms with Crippen molar-refractivity contribution in [2.24, 2.45) is 5.41 Å². The number of nitro benzene ring substituents is 1. The summed E-state index contributed by atoms with van der Waals surface area (Å²) in [6, 6.07) is 4.49. The third kappa shape index (κ3) is 2.94. The molecule has 0 bridgehead atoms. The van der Waals surface area contributed by atoms with Crippen molar-refractivity contribution in [1.29, 1.82) is 0 Å². The Hall–Kier alpha value is -1.66. The van der Waals surface area contributed by atoms with Crippen molar-refractivity contribution in [2.45, 2.75) is 19.8 Å². The Bertz CT molecular complexity index is 600. The number of nitro groups is 1. The minimum Gasteiger partial charge on any atom is -0.338 e. The standard InChI is InChI=1S/C15H19N3O3.ClH/c1-11-2-3-12(18(20)21)8-13(11)14(19)17-7-5-15(10-17)4-6-16-9-15;/h2-3,8,16H,4-7,9-10H2,1H3;1H. The van der Waals surface area contributed by atoms with Gasteiger partial charge in [0.25, 0.3) is 11.6 Å². The van der Waals surface area contributed by atoms with Crippen LogP contribution < -0.4 is 5.32 Å². The van der Waals surface area contributed by atoms with E-state index >= 15 is 0 Å². The van der Waals surface area contributed by atoms with Crippen molar-refractivity contribution in [3.8, 4) is 0 Å². The van der Waals surface area contributed by atoms with E-state index in [1.807, 2.05) is 11.8 Å². The number of hydrogen-bond donors (Lipinski definition) is 1. The Labute approximate surface area is 135 Å². The highest BCUT2D eigenvalue weighted by Gasteiger charge is 2.42. The molecule has 120 valence electrons. The summed E-state index contributed by atoms with van der Waals surface area (Å²) in [5, 5.41) is 14.2. The summed E-state index contributed by atoms with van der Waals surface area (Å²) < 4.78 is 0. The van der Waals surface area contributed by atoms with Crippen LogP contribution >= 0.6 is 12.4 Å². The number of non-ortho nitro benzene ring substituents is 1. The average Bonchev–Trinajstić information content (AvgIpc) is 3.09. The Morgan fingerprint density at radius 2 is 2.18 bits per heavy atom. The van der Waals surface area contributed by atoms with Crippen LogP contribution in [0.25, 0.3) is 0 Å². The number of carbonyl (C=O) groups is 1. The molecule has 0 saturated carbocycles. The molecule has 0 radical (unpaired) electrons. The number of nitrogens with one attached hydrogen (secondary N) is 1. The van der Waals surface area contributed by atoms with Crippen molar-refractivity contribution >= 4 is 24.0 Å². The number of aryl methyl sites for hydroxylation is 1. The summed E-state index contributed by atoms with van der Waals surface area (Å²) in [5.74, 6) is -0.0834. The molecule has 1 spiro atoms. The number of carbonyl (C=O) groups excluding carboxylic acids is 1. The van der Waals surface area contributed by atoms with Gasteiger partial charge < -0.3 is 10.2 Å². The number of rotatable bonds is 2. The summed E-state index contributed by atoms with van der Waals surface area (Å²) >= 11 is 0. The van der Waals surface area contributed by atoms with Gasteiger partial charge >= 0.3 is 0 Å². The maximum Gasteiger partial charge on any atom is 0.270 e. The molecular formula is C15H20ClN3O3. The van der Waals surface area contributed by atoms with E-state index < -0.39 is 4.92 Å². The zero-order valence-corrected chi connectivity index (χ0v) is 13.3. The fourth-order valence-electron chi connectivity index (χ4n) is 3.38. The maximum atomic E-state index is 12.7. The molecule has 1 amide bonds. The van der Waals surface area contributed by atoms with E-state index in [1.165, 1.54) is 12.1 Å². The monoisotopic (exact) mass is 325 g/mol. The molecule has 2 aliphatic heterocycles. The molecule has 2 aliphatic rings. The van der Waals surface area contributed by atoms with Gasteiger partial charge in [0.15, 0.2) is 0 Å². The number of halogens is 1. The molecule has 2 saturated heterocycles. The van der Waals surface area contributed by atoms with Gasteiger partial charge in [-0.1, -0.05) is 6.07 Å². The molecule has 1 atom stereocenters. The SMILES string of the molecule is Cc1ccc([N+](=O)[O-])cc1C(=O)N1CCC2(CCNC2)C1.Cl. The first-order valence-electron chi connectivity index (χ1n) is 7.26. The van der Waals surface area contributed by atoms with E-state index in [-0.39, 0.29) is 29.4 Å². The van der Waals surface area contributed by atoms with Crippen LogP contribution in [0, 0.1) is 22.5 Å². The molecule has 3 rings (SSSR count). The van der Waals surface area contributed by atoms with Crippen LogP contribution in [0.2, 0.25) is 0 Å². The number of nitrogens with zero attached hydrogens (tertiary/aromatic N) is 2. The highest BCUT2D eigenvalue weighted by atomic mass is 35.5. The summed E-state index contributed by atoms with van der Waals surface area (Å²) in [7, 11) is 0. The summed E-state index contributed by atoms with van der Waals surface area (Å²) in [4.78, 5) is 24.9. The predicted octanol–water partition coefficient (Wildman–Crippen LogP) is 2.15. The first-order chi connectivity index (χ1) is 10.0. The van der Waals surface area contributed by atoms with E-state index in [0.717, 1.165) is 44.6 Å². The van der Waals surface area contributed by atoms with Gasteiger partial charge in [-0.2, -0.15) is 0 Å². The van der Waals surface area contributed by atoms with Gasteiger partial charge in [0.05, 0.1) is 4.92 Å². The molecule has 0 aromatic heterocycles. The molecule has 22 heavy (non-hydrogen) atoms. The van der Waals surface area contributed by atoms with Crippen LogP contribution in [0.15, 0.2) is 18.2 Å². The van der Waals surface area contributed by atoms with Crippen LogP contribution in [0.3, 0.4) is 0 Å². The topological polar surface area (TPSA) is 75.5 Å². The molecule has 1 aromatic carbocycles. The average molecular weight is 326 g/mol. The predicted molar refractivity (Wildman–Crippen MR) is 85.5 cm³/mol. The Balaban J connectivity index is 0.00000176. The van der Waals surface area contributed by atoms with E-state index in [9.17, 15) is 14.9 Å². The molecular weight excluding hydrogens is 306 g/mol. The van der Waals surface area contributed by atoms with Crippen molar-refractivity contribution < 1.29 is 9.72 Å². The second kappa shape index (κ2) is 6.22. The zero-order valence-electron chi connectivity index (χ0n) is 12.5. The molecule has 6 nitrogen and oxygen atoms in total. The Morgan fingerprint density at radius 3 is 2.82 bits per heavy atom. The highest BCUT2D eigenvalue weighted by Crippen LogP contribution is 2.36. The van der Waals surface area contributed by atoms with Gasteiger partial charge in [0, 0.05) is 42.7 Å². The van der Waals surface area contributed by atoms with Crippen LogP contribution in [-0.4, -0.2) is 41.9 Å².